The van der Waals surface area contributed by atoms with E-state index in [1.165, 1.54) is 19.2 Å². The van der Waals surface area contributed by atoms with E-state index in [0.29, 0.717) is 10.9 Å². The monoisotopic (exact) mass is 513 g/mol. The number of nitrogens with one attached hydrogen (secondary N) is 1. The number of aromatic nitrogens is 2. The smallest absolute Gasteiger partial charge is 0.273 e. The van der Waals surface area contributed by atoms with E-state index in [-0.39, 0.29) is 17.8 Å². The van der Waals surface area contributed by atoms with Crippen LogP contribution in [-0.4, -0.2) is 26.7 Å². The van der Waals surface area contributed by atoms with Gasteiger partial charge in [0.2, 0.25) is 0 Å². The molecule has 37 heavy (non-hydrogen) atoms. The molecule has 1 N–H and O–H groups in total. The Balaban J connectivity index is 1.69. The molecule has 9 heteroatoms. The topological polar surface area (TPSA) is 85.5 Å². The third kappa shape index (κ3) is 4.31. The van der Waals surface area contributed by atoms with Crippen molar-refractivity contribution in [3.05, 3.63) is 111 Å². The average molecular weight is 514 g/mol. The van der Waals surface area contributed by atoms with Gasteiger partial charge in [-0.3, -0.25) is 15.1 Å². The maximum atomic E-state index is 11.3. The van der Waals surface area contributed by atoms with Crippen molar-refractivity contribution in [1.29, 1.82) is 0 Å². The fourth-order valence-electron chi connectivity index (χ4n) is 5.15. The van der Waals surface area contributed by atoms with Crippen molar-refractivity contribution >= 4 is 28.7 Å². The zero-order valence-electron chi connectivity index (χ0n) is 21.0. The van der Waals surface area contributed by atoms with Crippen LogP contribution < -0.4 is 15.0 Å². The summed E-state index contributed by atoms with van der Waals surface area (Å²) in [6, 6.07) is 20.6. The largest absolute Gasteiger partial charge is 0.494 e. The molecule has 3 heterocycles. The molecular weight excluding hydrogens is 486 g/mol. The standard InChI is InChI=1S/C28H27N5O3S/c1-17-8-7-9-20(14-17)32-27(26(30-28(32)37)23-10-5-6-13-29-23)22-15-18(2)31(19(22)3)24-12-11-21(33(34)35)16-25(24)36-4/h5-16,26-27H,1-4H3,(H,30,37). The minimum absolute atomic E-state index is 0.0190. The van der Waals surface area contributed by atoms with Crippen molar-refractivity contribution in [3.63, 3.8) is 0 Å². The first-order valence-corrected chi connectivity index (χ1v) is 12.3. The quantitative estimate of drug-likeness (QED) is 0.195. The van der Waals surface area contributed by atoms with Gasteiger partial charge >= 0.3 is 0 Å². The third-order valence-corrected chi connectivity index (χ3v) is 7.10. The normalized spacial score (nSPS) is 17.1. The summed E-state index contributed by atoms with van der Waals surface area (Å²) in [5, 5.41) is 15.5. The number of thiocarbonyl (C=S) groups is 1. The van der Waals surface area contributed by atoms with Crippen molar-refractivity contribution in [2.24, 2.45) is 0 Å². The first-order valence-electron chi connectivity index (χ1n) is 11.9. The van der Waals surface area contributed by atoms with Crippen LogP contribution in [0, 0.1) is 30.9 Å². The van der Waals surface area contributed by atoms with Crippen molar-refractivity contribution in [1.82, 2.24) is 14.9 Å². The molecule has 188 valence electrons. The number of nitro benzene ring substituents is 1. The molecule has 2 aromatic carbocycles. The van der Waals surface area contributed by atoms with Crippen LogP contribution in [0.3, 0.4) is 0 Å². The Bertz CT molecular complexity index is 1500. The Morgan fingerprint density at radius 2 is 1.86 bits per heavy atom. The zero-order valence-corrected chi connectivity index (χ0v) is 21.8. The molecule has 2 unspecified atom stereocenters. The number of nitrogens with zero attached hydrogens (tertiary/aromatic N) is 4. The fourth-order valence-corrected chi connectivity index (χ4v) is 5.50. The summed E-state index contributed by atoms with van der Waals surface area (Å²) in [5.41, 5.74) is 6.78. The Morgan fingerprint density at radius 1 is 1.05 bits per heavy atom. The molecule has 1 saturated heterocycles. The van der Waals surface area contributed by atoms with Crippen molar-refractivity contribution in [3.8, 4) is 11.4 Å². The second kappa shape index (κ2) is 9.67. The number of pyridine rings is 1. The van der Waals surface area contributed by atoms with Crippen LogP contribution in [0.15, 0.2) is 72.9 Å². The summed E-state index contributed by atoms with van der Waals surface area (Å²) in [6.45, 7) is 6.13. The van der Waals surface area contributed by atoms with Crippen LogP contribution in [0.25, 0.3) is 5.69 Å². The van der Waals surface area contributed by atoms with Gasteiger partial charge in [-0.2, -0.15) is 0 Å². The van der Waals surface area contributed by atoms with E-state index in [9.17, 15) is 10.1 Å². The highest BCUT2D eigenvalue weighted by Gasteiger charge is 2.42. The molecule has 0 bridgehead atoms. The van der Waals surface area contributed by atoms with Crippen LogP contribution in [0.4, 0.5) is 11.4 Å². The fraction of sp³-hybridized carbons (Fsp3) is 0.214. The molecule has 1 aliphatic heterocycles. The summed E-state index contributed by atoms with van der Waals surface area (Å²) in [7, 11) is 1.52. The molecule has 8 nitrogen and oxygen atoms in total. The summed E-state index contributed by atoms with van der Waals surface area (Å²) < 4.78 is 7.64. The van der Waals surface area contributed by atoms with Gasteiger partial charge in [0.25, 0.3) is 5.69 Å². The predicted octanol–water partition coefficient (Wildman–Crippen LogP) is 5.89. The molecule has 0 radical (unpaired) electrons. The van der Waals surface area contributed by atoms with Gasteiger partial charge in [0.1, 0.15) is 5.75 Å². The van der Waals surface area contributed by atoms with Gasteiger partial charge in [-0.25, -0.2) is 0 Å². The van der Waals surface area contributed by atoms with Gasteiger partial charge in [-0.05, 0) is 80.5 Å². The molecule has 2 atom stereocenters. The third-order valence-electron chi connectivity index (χ3n) is 6.78. The molecule has 1 aliphatic rings. The minimum Gasteiger partial charge on any atom is -0.494 e. The van der Waals surface area contributed by atoms with Gasteiger partial charge < -0.3 is 19.5 Å². The lowest BCUT2D eigenvalue weighted by atomic mass is 9.96. The summed E-state index contributed by atoms with van der Waals surface area (Å²) in [6.07, 6.45) is 1.79. The maximum Gasteiger partial charge on any atom is 0.273 e. The molecular formula is C28H27N5O3S. The molecule has 2 aromatic heterocycles. The number of hydrogen-bond acceptors (Lipinski definition) is 5. The number of non-ortho nitro benzene ring substituents is 1. The van der Waals surface area contributed by atoms with Crippen LogP contribution in [0.1, 0.15) is 40.3 Å². The van der Waals surface area contributed by atoms with Crippen LogP contribution in [0.2, 0.25) is 0 Å². The molecule has 1 fully saturated rings. The van der Waals surface area contributed by atoms with E-state index in [0.717, 1.165) is 39.6 Å². The number of anilines is 1. The van der Waals surface area contributed by atoms with E-state index in [4.69, 9.17) is 17.0 Å². The lowest BCUT2D eigenvalue weighted by Crippen LogP contribution is -2.29. The van der Waals surface area contributed by atoms with Crippen LogP contribution in [-0.2, 0) is 0 Å². The number of aryl methyl sites for hydroxylation is 2. The SMILES string of the molecule is COc1cc([N+](=O)[O-])ccc1-n1c(C)cc(C2C(c3ccccn3)NC(=S)N2c2cccc(C)c2)c1C. The van der Waals surface area contributed by atoms with Gasteiger partial charge in [-0.1, -0.05) is 18.2 Å². The number of benzene rings is 2. The maximum absolute atomic E-state index is 11.3. The van der Waals surface area contributed by atoms with E-state index >= 15 is 0 Å². The highest BCUT2D eigenvalue weighted by atomic mass is 32.1. The highest BCUT2D eigenvalue weighted by molar-refractivity contribution is 7.80. The Morgan fingerprint density at radius 3 is 2.54 bits per heavy atom. The van der Waals surface area contributed by atoms with Crippen LogP contribution >= 0.6 is 12.2 Å². The van der Waals surface area contributed by atoms with Gasteiger partial charge in [0.05, 0.1) is 41.6 Å². The number of rotatable bonds is 6. The molecule has 5 rings (SSSR count). The van der Waals surface area contributed by atoms with Crippen molar-refractivity contribution in [2.75, 3.05) is 12.0 Å². The molecule has 0 aliphatic carbocycles. The van der Waals surface area contributed by atoms with E-state index in [2.05, 4.69) is 57.9 Å². The minimum atomic E-state index is -0.421. The van der Waals surface area contributed by atoms with Gasteiger partial charge in [0.15, 0.2) is 5.11 Å². The van der Waals surface area contributed by atoms with E-state index in [1.807, 2.05) is 31.2 Å². The summed E-state index contributed by atoms with van der Waals surface area (Å²) in [5.74, 6) is 0.430. The summed E-state index contributed by atoms with van der Waals surface area (Å²) in [4.78, 5) is 17.7. The molecule has 0 amide bonds. The number of methoxy groups -OCH3 is 1. The van der Waals surface area contributed by atoms with Crippen molar-refractivity contribution < 1.29 is 9.66 Å². The first kappa shape index (κ1) is 24.5. The highest BCUT2D eigenvalue weighted by Crippen LogP contribution is 2.44. The van der Waals surface area contributed by atoms with Crippen LogP contribution in [0.5, 0.6) is 5.75 Å². The van der Waals surface area contributed by atoms with Gasteiger partial charge in [-0.15, -0.1) is 0 Å². The zero-order chi connectivity index (χ0) is 26.3. The summed E-state index contributed by atoms with van der Waals surface area (Å²) >= 11 is 5.87. The Hall–Kier alpha value is -4.24. The second-order valence-corrected chi connectivity index (χ2v) is 9.50. The second-order valence-electron chi connectivity index (χ2n) is 9.11. The lowest BCUT2D eigenvalue weighted by Gasteiger charge is -2.28. The Kier molecular flexibility index (Phi) is 6.39. The Labute approximate surface area is 220 Å². The number of hydrogen-bond donors (Lipinski definition) is 1. The number of ether oxygens (including phenoxy) is 1. The molecule has 4 aromatic rings. The van der Waals surface area contributed by atoms with E-state index < -0.39 is 4.92 Å². The predicted molar refractivity (Wildman–Crippen MR) is 148 cm³/mol. The first-order chi connectivity index (χ1) is 17.8. The van der Waals surface area contributed by atoms with E-state index in [1.54, 1.807) is 12.3 Å². The average Bonchev–Trinajstić information content (AvgIpc) is 3.39. The molecule has 0 spiro atoms. The lowest BCUT2D eigenvalue weighted by molar-refractivity contribution is -0.384. The van der Waals surface area contributed by atoms with Gasteiger partial charge in [0, 0.05) is 29.3 Å². The number of nitro groups is 1. The molecule has 0 saturated carbocycles. The van der Waals surface area contributed by atoms with Crippen molar-refractivity contribution in [2.45, 2.75) is 32.9 Å².